The maximum Gasteiger partial charge on any atom is 0.236 e. The molecule has 2 saturated heterocycles. The Labute approximate surface area is 155 Å². The highest BCUT2D eigenvalue weighted by atomic mass is 19.1. The molecule has 1 unspecified atom stereocenters. The van der Waals surface area contributed by atoms with Crippen LogP contribution in [-0.4, -0.2) is 80.1 Å². The molecule has 0 bridgehead atoms. The van der Waals surface area contributed by atoms with Gasteiger partial charge in [-0.1, -0.05) is 0 Å². The summed E-state index contributed by atoms with van der Waals surface area (Å²) in [5.41, 5.74) is 0. The fraction of sp³-hybridized carbons (Fsp3) is 0.650. The first-order chi connectivity index (χ1) is 12.6. The van der Waals surface area contributed by atoms with E-state index >= 15 is 0 Å². The van der Waals surface area contributed by atoms with Gasteiger partial charge in [-0.15, -0.1) is 0 Å². The van der Waals surface area contributed by atoms with Gasteiger partial charge in [0.2, 0.25) is 5.91 Å². The van der Waals surface area contributed by atoms with Crippen molar-refractivity contribution in [3.63, 3.8) is 0 Å². The molecule has 0 saturated carbocycles. The van der Waals surface area contributed by atoms with Crippen molar-refractivity contribution in [1.29, 1.82) is 0 Å². The topological polar surface area (TPSA) is 36.0 Å². The van der Waals surface area contributed by atoms with Gasteiger partial charge in [0.1, 0.15) is 11.6 Å². The lowest BCUT2D eigenvalue weighted by atomic mass is 9.99. The summed E-state index contributed by atoms with van der Waals surface area (Å²) in [4.78, 5) is 19.3. The molecule has 144 valence electrons. The van der Waals surface area contributed by atoms with E-state index in [0.29, 0.717) is 24.8 Å². The minimum absolute atomic E-state index is 0.237. The van der Waals surface area contributed by atoms with Crippen molar-refractivity contribution in [1.82, 2.24) is 14.7 Å². The van der Waals surface area contributed by atoms with Gasteiger partial charge in [-0.2, -0.15) is 0 Å². The first-order valence-corrected chi connectivity index (χ1v) is 9.67. The summed E-state index contributed by atoms with van der Waals surface area (Å²) in [6.45, 7) is 6.81. The van der Waals surface area contributed by atoms with Crippen LogP contribution in [0.15, 0.2) is 24.3 Å². The van der Waals surface area contributed by atoms with Gasteiger partial charge >= 0.3 is 0 Å². The number of amides is 1. The van der Waals surface area contributed by atoms with E-state index < -0.39 is 0 Å². The predicted molar refractivity (Wildman–Crippen MR) is 99.8 cm³/mol. The van der Waals surface area contributed by atoms with Gasteiger partial charge < -0.3 is 14.5 Å². The van der Waals surface area contributed by atoms with Gasteiger partial charge in [0.05, 0.1) is 13.2 Å². The van der Waals surface area contributed by atoms with E-state index in [9.17, 15) is 9.18 Å². The van der Waals surface area contributed by atoms with Gasteiger partial charge in [0.25, 0.3) is 0 Å². The predicted octanol–water partition coefficient (Wildman–Crippen LogP) is 2.08. The zero-order valence-corrected chi connectivity index (χ0v) is 15.7. The Morgan fingerprint density at radius 2 is 1.92 bits per heavy atom. The Hall–Kier alpha value is -1.66. The molecule has 0 N–H and O–H groups in total. The van der Waals surface area contributed by atoms with E-state index in [-0.39, 0.29) is 11.7 Å². The van der Waals surface area contributed by atoms with Crippen molar-refractivity contribution in [2.45, 2.75) is 19.3 Å². The number of likely N-dealkylation sites (tertiary alicyclic amines) is 1. The third-order valence-corrected chi connectivity index (χ3v) is 5.34. The SMILES string of the molecule is CN1CCCN(CC(=O)N2CCCC(COc3ccc(F)cc3)C2)CC1. The van der Waals surface area contributed by atoms with Gasteiger partial charge in [0, 0.05) is 32.1 Å². The second-order valence-electron chi connectivity index (χ2n) is 7.55. The molecule has 1 atom stereocenters. The van der Waals surface area contributed by atoms with E-state index in [1.807, 2.05) is 4.90 Å². The van der Waals surface area contributed by atoms with E-state index in [4.69, 9.17) is 4.74 Å². The number of benzene rings is 1. The summed E-state index contributed by atoms with van der Waals surface area (Å²) in [5, 5.41) is 0. The van der Waals surface area contributed by atoms with Crippen molar-refractivity contribution in [2.75, 3.05) is 59.5 Å². The summed E-state index contributed by atoms with van der Waals surface area (Å²) in [5.74, 6) is 1.00. The molecule has 1 aromatic rings. The number of hydrogen-bond acceptors (Lipinski definition) is 4. The third kappa shape index (κ3) is 5.68. The summed E-state index contributed by atoms with van der Waals surface area (Å²) in [6.07, 6.45) is 3.21. The Balaban J connectivity index is 1.44. The molecule has 6 heteroatoms. The molecular formula is C20H30FN3O2. The summed E-state index contributed by atoms with van der Waals surface area (Å²) in [6, 6.07) is 6.12. The molecule has 2 aliphatic heterocycles. The van der Waals surface area contributed by atoms with Gasteiger partial charge in [-0.25, -0.2) is 4.39 Å². The van der Waals surface area contributed by atoms with Crippen LogP contribution in [0.3, 0.4) is 0 Å². The monoisotopic (exact) mass is 363 g/mol. The zero-order chi connectivity index (χ0) is 18.4. The molecule has 0 spiro atoms. The normalized spacial score (nSPS) is 22.8. The molecule has 5 nitrogen and oxygen atoms in total. The Kier molecular flexibility index (Phi) is 6.86. The van der Waals surface area contributed by atoms with Crippen molar-refractivity contribution in [2.24, 2.45) is 5.92 Å². The highest BCUT2D eigenvalue weighted by molar-refractivity contribution is 5.78. The number of rotatable bonds is 5. The number of carbonyl (C=O) groups excluding carboxylic acids is 1. The Morgan fingerprint density at radius 1 is 1.12 bits per heavy atom. The van der Waals surface area contributed by atoms with Gasteiger partial charge in [0.15, 0.2) is 0 Å². The van der Waals surface area contributed by atoms with E-state index in [1.165, 1.54) is 12.1 Å². The standard InChI is InChI=1S/C20H30FN3O2/c1-22-9-3-10-23(13-12-22)15-20(25)24-11-2-4-17(14-24)16-26-19-7-5-18(21)6-8-19/h5-8,17H,2-4,9-16H2,1H3. The maximum atomic E-state index is 13.0. The lowest BCUT2D eigenvalue weighted by Gasteiger charge is -2.34. The number of halogens is 1. The Morgan fingerprint density at radius 3 is 2.73 bits per heavy atom. The van der Waals surface area contributed by atoms with Crippen LogP contribution in [0.4, 0.5) is 4.39 Å². The van der Waals surface area contributed by atoms with Crippen molar-refractivity contribution >= 4 is 5.91 Å². The molecule has 2 aliphatic rings. The molecule has 26 heavy (non-hydrogen) atoms. The minimum Gasteiger partial charge on any atom is -0.493 e. The lowest BCUT2D eigenvalue weighted by molar-refractivity contribution is -0.134. The maximum absolute atomic E-state index is 13.0. The second-order valence-corrected chi connectivity index (χ2v) is 7.55. The fourth-order valence-corrected chi connectivity index (χ4v) is 3.72. The first-order valence-electron chi connectivity index (χ1n) is 9.67. The van der Waals surface area contributed by atoms with E-state index in [0.717, 1.165) is 58.5 Å². The number of piperidine rings is 1. The third-order valence-electron chi connectivity index (χ3n) is 5.34. The van der Waals surface area contributed by atoms with Crippen molar-refractivity contribution in [3.8, 4) is 5.75 Å². The highest BCUT2D eigenvalue weighted by Gasteiger charge is 2.25. The molecule has 0 aromatic heterocycles. The van der Waals surface area contributed by atoms with Crippen LogP contribution in [0.2, 0.25) is 0 Å². The second kappa shape index (κ2) is 9.33. The van der Waals surface area contributed by atoms with Crippen LogP contribution in [0.1, 0.15) is 19.3 Å². The molecule has 0 radical (unpaired) electrons. The average molecular weight is 363 g/mol. The molecule has 0 aliphatic carbocycles. The summed E-state index contributed by atoms with van der Waals surface area (Å²) >= 11 is 0. The highest BCUT2D eigenvalue weighted by Crippen LogP contribution is 2.19. The Bertz CT molecular complexity index is 581. The van der Waals surface area contributed by atoms with Gasteiger partial charge in [-0.05, 0) is 63.7 Å². The summed E-state index contributed by atoms with van der Waals surface area (Å²) in [7, 11) is 2.14. The minimum atomic E-state index is -0.258. The van der Waals surface area contributed by atoms with Crippen molar-refractivity contribution in [3.05, 3.63) is 30.1 Å². The van der Waals surface area contributed by atoms with Crippen LogP contribution in [0.5, 0.6) is 5.75 Å². The molecular weight excluding hydrogens is 333 g/mol. The van der Waals surface area contributed by atoms with Crippen LogP contribution >= 0.6 is 0 Å². The van der Waals surface area contributed by atoms with E-state index in [2.05, 4.69) is 16.8 Å². The number of ether oxygens (including phenoxy) is 1. The van der Waals surface area contributed by atoms with Crippen LogP contribution in [0, 0.1) is 11.7 Å². The number of nitrogens with zero attached hydrogens (tertiary/aromatic N) is 3. The van der Waals surface area contributed by atoms with Crippen molar-refractivity contribution < 1.29 is 13.9 Å². The molecule has 2 heterocycles. The fourth-order valence-electron chi connectivity index (χ4n) is 3.72. The zero-order valence-electron chi connectivity index (χ0n) is 15.7. The van der Waals surface area contributed by atoms with Crippen LogP contribution in [0.25, 0.3) is 0 Å². The smallest absolute Gasteiger partial charge is 0.236 e. The van der Waals surface area contributed by atoms with Crippen LogP contribution in [-0.2, 0) is 4.79 Å². The quantitative estimate of drug-likeness (QED) is 0.803. The number of hydrogen-bond donors (Lipinski definition) is 0. The molecule has 1 aromatic carbocycles. The van der Waals surface area contributed by atoms with Gasteiger partial charge in [-0.3, -0.25) is 9.69 Å². The molecule has 2 fully saturated rings. The summed E-state index contributed by atoms with van der Waals surface area (Å²) < 4.78 is 18.7. The van der Waals surface area contributed by atoms with E-state index in [1.54, 1.807) is 12.1 Å². The number of likely N-dealkylation sites (N-methyl/N-ethyl adjacent to an activating group) is 1. The molecule has 3 rings (SSSR count). The van der Waals surface area contributed by atoms with Crippen LogP contribution < -0.4 is 4.74 Å². The lowest BCUT2D eigenvalue weighted by Crippen LogP contribution is -2.46. The first kappa shape index (κ1) is 19.1. The average Bonchev–Trinajstić information content (AvgIpc) is 2.86. The molecule has 1 amide bonds. The largest absolute Gasteiger partial charge is 0.493 e. The number of carbonyl (C=O) groups is 1.